The van der Waals surface area contributed by atoms with E-state index in [-0.39, 0.29) is 24.1 Å². The number of methoxy groups -OCH3 is 2. The molecule has 7 nitrogen and oxygen atoms in total. The predicted octanol–water partition coefficient (Wildman–Crippen LogP) is 3.04. The summed E-state index contributed by atoms with van der Waals surface area (Å²) < 4.78 is 15.0. The molecule has 142 valence electrons. The highest BCUT2D eigenvalue weighted by Crippen LogP contribution is 2.18. The van der Waals surface area contributed by atoms with E-state index in [1.807, 2.05) is 6.92 Å². The van der Waals surface area contributed by atoms with E-state index in [9.17, 15) is 9.59 Å². The fraction of sp³-hybridized carbons (Fsp3) is 0.722. The molecule has 0 aliphatic rings. The molecule has 0 N–H and O–H groups in total. The molecular formula is C18H30N2O5. The Bertz CT molecular complexity index is 529. The fourth-order valence-corrected chi connectivity index (χ4v) is 2.62. The Morgan fingerprint density at radius 3 is 2.64 bits per heavy atom. The van der Waals surface area contributed by atoms with Gasteiger partial charge in [0.1, 0.15) is 6.26 Å². The number of carbonyl (C=O) groups excluding carboxylic acids is 2. The van der Waals surface area contributed by atoms with E-state index in [1.54, 1.807) is 12.0 Å². The van der Waals surface area contributed by atoms with Crippen molar-refractivity contribution >= 4 is 11.9 Å². The van der Waals surface area contributed by atoms with Crippen molar-refractivity contribution in [2.45, 2.75) is 52.5 Å². The number of ether oxygens (including phenoxy) is 2. The topological polar surface area (TPSA) is 81.9 Å². The molecule has 25 heavy (non-hydrogen) atoms. The van der Waals surface area contributed by atoms with Crippen LogP contribution in [0.15, 0.2) is 10.7 Å². The highest BCUT2D eigenvalue weighted by atomic mass is 16.5. The number of oxazole rings is 1. The Labute approximate surface area is 149 Å². The van der Waals surface area contributed by atoms with Crippen molar-refractivity contribution in [3.8, 4) is 0 Å². The van der Waals surface area contributed by atoms with Crippen molar-refractivity contribution < 1.29 is 23.5 Å². The second kappa shape index (κ2) is 11.6. The Morgan fingerprint density at radius 2 is 2.04 bits per heavy atom. The maximum absolute atomic E-state index is 12.9. The van der Waals surface area contributed by atoms with Crippen molar-refractivity contribution in [1.82, 2.24) is 9.88 Å². The number of hydrogen-bond donors (Lipinski definition) is 0. The molecule has 1 aromatic rings. The first-order chi connectivity index (χ1) is 12.1. The number of rotatable bonds is 12. The average Bonchev–Trinajstić information content (AvgIpc) is 3.09. The highest BCUT2D eigenvalue weighted by Gasteiger charge is 2.24. The van der Waals surface area contributed by atoms with Gasteiger partial charge < -0.3 is 18.8 Å². The van der Waals surface area contributed by atoms with Crippen LogP contribution in [0.1, 0.15) is 62.3 Å². The van der Waals surface area contributed by atoms with Crippen LogP contribution in [0.5, 0.6) is 0 Å². The van der Waals surface area contributed by atoms with Crippen LogP contribution in [-0.4, -0.2) is 49.1 Å². The number of carbonyl (C=O) groups is 2. The van der Waals surface area contributed by atoms with E-state index < -0.39 is 5.97 Å². The van der Waals surface area contributed by atoms with Crippen LogP contribution < -0.4 is 0 Å². The van der Waals surface area contributed by atoms with E-state index in [2.05, 4.69) is 16.6 Å². The standard InChI is InChI=1S/C18H30N2O5/c1-5-7-9-14(6-2)17(21)20(10-8-11-23-3)12-16-19-15(13-25-16)18(22)24-4/h13-14H,5-12H2,1-4H3/t14-/m0/s1. The molecule has 0 aliphatic carbocycles. The lowest BCUT2D eigenvalue weighted by atomic mass is 9.97. The first-order valence-electron chi connectivity index (χ1n) is 8.87. The molecule has 0 saturated heterocycles. The zero-order valence-corrected chi connectivity index (χ0v) is 15.7. The summed E-state index contributed by atoms with van der Waals surface area (Å²) in [5, 5.41) is 0. The molecular weight excluding hydrogens is 324 g/mol. The minimum Gasteiger partial charge on any atom is -0.464 e. The summed E-state index contributed by atoms with van der Waals surface area (Å²) in [5.74, 6) is -0.124. The van der Waals surface area contributed by atoms with E-state index in [0.29, 0.717) is 19.0 Å². The van der Waals surface area contributed by atoms with Gasteiger partial charge in [-0.25, -0.2) is 9.78 Å². The SMILES string of the molecule is CCCC[C@H](CC)C(=O)N(CCCOC)Cc1nc(C(=O)OC)co1. The second-order valence-corrected chi connectivity index (χ2v) is 5.97. The summed E-state index contributed by atoms with van der Waals surface area (Å²) in [6.07, 6.45) is 5.77. The Hall–Kier alpha value is -1.89. The molecule has 0 radical (unpaired) electrons. The van der Waals surface area contributed by atoms with Gasteiger partial charge in [0.15, 0.2) is 5.69 Å². The number of aromatic nitrogens is 1. The van der Waals surface area contributed by atoms with Gasteiger partial charge in [-0.15, -0.1) is 0 Å². The molecule has 1 amide bonds. The molecule has 7 heteroatoms. The summed E-state index contributed by atoms with van der Waals surface area (Å²) in [4.78, 5) is 30.2. The molecule has 0 spiro atoms. The van der Waals surface area contributed by atoms with E-state index in [0.717, 1.165) is 32.1 Å². The number of unbranched alkanes of at least 4 members (excludes halogenated alkanes) is 1. The molecule has 0 saturated carbocycles. The van der Waals surface area contributed by atoms with Crippen LogP contribution in [0, 0.1) is 5.92 Å². The molecule has 0 bridgehead atoms. The van der Waals surface area contributed by atoms with E-state index >= 15 is 0 Å². The van der Waals surface area contributed by atoms with Gasteiger partial charge in [-0.2, -0.15) is 0 Å². The summed E-state index contributed by atoms with van der Waals surface area (Å²) >= 11 is 0. The first kappa shape index (κ1) is 21.2. The van der Waals surface area contributed by atoms with E-state index in [4.69, 9.17) is 9.15 Å². The molecule has 0 aromatic carbocycles. The van der Waals surface area contributed by atoms with Gasteiger partial charge in [0, 0.05) is 26.2 Å². The third-order valence-electron chi connectivity index (χ3n) is 4.11. The zero-order valence-electron chi connectivity index (χ0n) is 15.7. The summed E-state index contributed by atoms with van der Waals surface area (Å²) in [5.41, 5.74) is 0.111. The monoisotopic (exact) mass is 354 g/mol. The van der Waals surface area contributed by atoms with Gasteiger partial charge >= 0.3 is 5.97 Å². The molecule has 1 heterocycles. The largest absolute Gasteiger partial charge is 0.464 e. The van der Waals surface area contributed by atoms with Crippen molar-refractivity contribution in [3.63, 3.8) is 0 Å². The minimum atomic E-state index is -0.554. The molecule has 0 unspecified atom stereocenters. The smallest absolute Gasteiger partial charge is 0.360 e. The third-order valence-corrected chi connectivity index (χ3v) is 4.11. The fourth-order valence-electron chi connectivity index (χ4n) is 2.62. The summed E-state index contributed by atoms with van der Waals surface area (Å²) in [7, 11) is 2.93. The third kappa shape index (κ3) is 6.86. The van der Waals surface area contributed by atoms with Gasteiger partial charge in [0.25, 0.3) is 0 Å². The van der Waals surface area contributed by atoms with Gasteiger partial charge in [0.2, 0.25) is 11.8 Å². The van der Waals surface area contributed by atoms with Gasteiger partial charge in [-0.1, -0.05) is 26.7 Å². The highest BCUT2D eigenvalue weighted by molar-refractivity contribution is 5.86. The number of esters is 1. The molecule has 0 aliphatic heterocycles. The van der Waals surface area contributed by atoms with Crippen LogP contribution in [-0.2, 0) is 20.8 Å². The van der Waals surface area contributed by atoms with Gasteiger partial charge in [-0.3, -0.25) is 4.79 Å². The Balaban J connectivity index is 2.82. The minimum absolute atomic E-state index is 0.00228. The molecule has 1 atom stereocenters. The zero-order chi connectivity index (χ0) is 18.7. The van der Waals surface area contributed by atoms with Gasteiger partial charge in [-0.05, 0) is 19.3 Å². The van der Waals surface area contributed by atoms with Crippen LogP contribution >= 0.6 is 0 Å². The van der Waals surface area contributed by atoms with Crippen molar-refractivity contribution in [3.05, 3.63) is 17.8 Å². The lowest BCUT2D eigenvalue weighted by molar-refractivity contribution is -0.137. The first-order valence-corrected chi connectivity index (χ1v) is 8.87. The van der Waals surface area contributed by atoms with Gasteiger partial charge in [0.05, 0.1) is 13.7 Å². The number of nitrogens with zero attached hydrogens (tertiary/aromatic N) is 2. The Morgan fingerprint density at radius 1 is 1.28 bits per heavy atom. The lowest BCUT2D eigenvalue weighted by Crippen LogP contribution is -2.37. The predicted molar refractivity (Wildman–Crippen MR) is 93.1 cm³/mol. The number of amides is 1. The Kier molecular flexibility index (Phi) is 9.84. The van der Waals surface area contributed by atoms with E-state index in [1.165, 1.54) is 13.4 Å². The van der Waals surface area contributed by atoms with Crippen LogP contribution in [0.25, 0.3) is 0 Å². The van der Waals surface area contributed by atoms with Crippen molar-refractivity contribution in [2.24, 2.45) is 5.92 Å². The van der Waals surface area contributed by atoms with Crippen LogP contribution in [0.3, 0.4) is 0 Å². The molecule has 1 aromatic heterocycles. The maximum Gasteiger partial charge on any atom is 0.360 e. The summed E-state index contributed by atoms with van der Waals surface area (Å²) in [6.45, 7) is 5.53. The summed E-state index contributed by atoms with van der Waals surface area (Å²) in [6, 6.07) is 0. The maximum atomic E-state index is 12.9. The molecule has 0 fully saturated rings. The van der Waals surface area contributed by atoms with Crippen molar-refractivity contribution in [2.75, 3.05) is 27.4 Å². The average molecular weight is 354 g/mol. The number of hydrogen-bond acceptors (Lipinski definition) is 6. The normalized spacial score (nSPS) is 12.0. The van der Waals surface area contributed by atoms with Crippen molar-refractivity contribution in [1.29, 1.82) is 0 Å². The quantitative estimate of drug-likeness (QED) is 0.424. The van der Waals surface area contributed by atoms with Crippen LogP contribution in [0.2, 0.25) is 0 Å². The molecule has 1 rings (SSSR count). The second-order valence-electron chi connectivity index (χ2n) is 5.97. The lowest BCUT2D eigenvalue weighted by Gasteiger charge is -2.26. The van der Waals surface area contributed by atoms with Crippen LogP contribution in [0.4, 0.5) is 0 Å².